The highest BCUT2D eigenvalue weighted by atomic mass is 16.5. The van der Waals surface area contributed by atoms with Crippen LogP contribution in [0.3, 0.4) is 0 Å². The van der Waals surface area contributed by atoms with Crippen molar-refractivity contribution >= 4 is 0 Å². The molecule has 78 valence electrons. The van der Waals surface area contributed by atoms with Gasteiger partial charge in [0, 0.05) is 25.5 Å². The minimum atomic E-state index is 0.209. The molecule has 1 aromatic rings. The molecule has 0 aliphatic heterocycles. The van der Waals surface area contributed by atoms with Crippen LogP contribution in [-0.4, -0.2) is 24.7 Å². The second-order valence-corrected chi connectivity index (χ2v) is 3.22. The van der Waals surface area contributed by atoms with Crippen molar-refractivity contribution in [3.63, 3.8) is 0 Å². The Morgan fingerprint density at radius 2 is 2.50 bits per heavy atom. The van der Waals surface area contributed by atoms with E-state index in [4.69, 9.17) is 10.6 Å². The molecule has 1 atom stereocenters. The van der Waals surface area contributed by atoms with Gasteiger partial charge in [-0.25, -0.2) is 0 Å². The molecule has 0 radical (unpaired) electrons. The summed E-state index contributed by atoms with van der Waals surface area (Å²) in [5.41, 5.74) is 3.95. The van der Waals surface area contributed by atoms with E-state index in [0.29, 0.717) is 6.61 Å². The number of pyridine rings is 1. The zero-order chi connectivity index (χ0) is 10.2. The van der Waals surface area contributed by atoms with E-state index >= 15 is 0 Å². The third-order valence-corrected chi connectivity index (χ3v) is 2.11. The van der Waals surface area contributed by atoms with Crippen LogP contribution < -0.4 is 11.3 Å². The van der Waals surface area contributed by atoms with E-state index in [2.05, 4.69) is 16.5 Å². The van der Waals surface area contributed by atoms with Crippen LogP contribution >= 0.6 is 0 Å². The third kappa shape index (κ3) is 3.83. The minimum Gasteiger partial charge on any atom is -0.383 e. The van der Waals surface area contributed by atoms with E-state index in [1.165, 1.54) is 5.56 Å². The molecule has 0 bridgehead atoms. The molecule has 0 aromatic carbocycles. The number of aryl methyl sites for hydroxylation is 1. The van der Waals surface area contributed by atoms with Crippen LogP contribution in [0.5, 0.6) is 0 Å². The Balaban J connectivity index is 2.32. The largest absolute Gasteiger partial charge is 0.383 e. The first-order valence-electron chi connectivity index (χ1n) is 4.70. The van der Waals surface area contributed by atoms with E-state index in [9.17, 15) is 0 Å². The van der Waals surface area contributed by atoms with Gasteiger partial charge in [-0.15, -0.1) is 0 Å². The summed E-state index contributed by atoms with van der Waals surface area (Å²) in [5, 5.41) is 0. The lowest BCUT2D eigenvalue weighted by Crippen LogP contribution is -2.38. The number of methoxy groups -OCH3 is 1. The van der Waals surface area contributed by atoms with Crippen LogP contribution in [0.2, 0.25) is 0 Å². The van der Waals surface area contributed by atoms with Gasteiger partial charge in [0.05, 0.1) is 6.61 Å². The molecule has 0 aliphatic rings. The summed E-state index contributed by atoms with van der Waals surface area (Å²) in [7, 11) is 1.68. The van der Waals surface area contributed by atoms with Gasteiger partial charge >= 0.3 is 0 Å². The molecule has 0 saturated heterocycles. The van der Waals surface area contributed by atoms with Crippen molar-refractivity contribution in [2.45, 2.75) is 18.9 Å². The second kappa shape index (κ2) is 6.48. The number of nitrogens with zero attached hydrogens (tertiary/aromatic N) is 1. The monoisotopic (exact) mass is 195 g/mol. The molecule has 0 saturated carbocycles. The molecule has 1 aromatic heterocycles. The van der Waals surface area contributed by atoms with E-state index in [1.54, 1.807) is 13.3 Å². The van der Waals surface area contributed by atoms with Crippen LogP contribution in [0, 0.1) is 0 Å². The van der Waals surface area contributed by atoms with Gasteiger partial charge in [0.25, 0.3) is 0 Å². The topological polar surface area (TPSA) is 60.2 Å². The Kier molecular flexibility index (Phi) is 5.14. The summed E-state index contributed by atoms with van der Waals surface area (Å²) in [4.78, 5) is 4.05. The van der Waals surface area contributed by atoms with Gasteiger partial charge in [-0.2, -0.15) is 0 Å². The number of rotatable bonds is 6. The zero-order valence-corrected chi connectivity index (χ0v) is 8.44. The molecule has 0 spiro atoms. The Hall–Kier alpha value is -0.970. The predicted molar refractivity (Wildman–Crippen MR) is 55.5 cm³/mol. The number of aromatic nitrogens is 1. The highest BCUT2D eigenvalue weighted by Crippen LogP contribution is 2.03. The molecule has 0 fully saturated rings. The first-order valence-corrected chi connectivity index (χ1v) is 4.70. The average molecular weight is 195 g/mol. The summed E-state index contributed by atoms with van der Waals surface area (Å²) in [6, 6.07) is 4.21. The Bertz CT molecular complexity index is 240. The fraction of sp³-hybridized carbons (Fsp3) is 0.500. The molecule has 1 unspecified atom stereocenters. The van der Waals surface area contributed by atoms with E-state index in [-0.39, 0.29) is 6.04 Å². The molecule has 0 amide bonds. The van der Waals surface area contributed by atoms with Gasteiger partial charge in [-0.3, -0.25) is 16.3 Å². The zero-order valence-electron chi connectivity index (χ0n) is 8.44. The molecule has 3 N–H and O–H groups in total. The van der Waals surface area contributed by atoms with Gasteiger partial charge in [0.2, 0.25) is 0 Å². The first kappa shape index (κ1) is 11.1. The molecular weight excluding hydrogens is 178 g/mol. The van der Waals surface area contributed by atoms with Crippen LogP contribution in [0.1, 0.15) is 12.0 Å². The Morgan fingerprint density at radius 3 is 3.07 bits per heavy atom. The maximum atomic E-state index is 5.38. The lowest BCUT2D eigenvalue weighted by Gasteiger charge is -2.14. The fourth-order valence-corrected chi connectivity index (χ4v) is 1.30. The van der Waals surface area contributed by atoms with Crippen LogP contribution in [-0.2, 0) is 11.2 Å². The Labute approximate surface area is 84.4 Å². The summed E-state index contributed by atoms with van der Waals surface area (Å²) in [6.45, 7) is 0.636. The highest BCUT2D eigenvalue weighted by Gasteiger charge is 2.05. The molecule has 0 aliphatic carbocycles. The van der Waals surface area contributed by atoms with Gasteiger partial charge in [-0.1, -0.05) is 6.07 Å². The smallest absolute Gasteiger partial charge is 0.0629 e. The van der Waals surface area contributed by atoms with Gasteiger partial charge < -0.3 is 4.74 Å². The SMILES string of the molecule is COCC(CCc1cccnc1)NN. The average Bonchev–Trinajstić information content (AvgIpc) is 2.25. The van der Waals surface area contributed by atoms with Crippen molar-refractivity contribution in [2.75, 3.05) is 13.7 Å². The fourth-order valence-electron chi connectivity index (χ4n) is 1.30. The van der Waals surface area contributed by atoms with Crippen molar-refractivity contribution < 1.29 is 4.74 Å². The van der Waals surface area contributed by atoms with Crippen molar-refractivity contribution in [3.05, 3.63) is 30.1 Å². The molecule has 4 nitrogen and oxygen atoms in total. The quantitative estimate of drug-likeness (QED) is 0.512. The molecule has 1 rings (SSSR count). The number of hydrogen-bond donors (Lipinski definition) is 2. The number of nitrogens with two attached hydrogens (primary N) is 1. The van der Waals surface area contributed by atoms with E-state index in [0.717, 1.165) is 12.8 Å². The standard InChI is InChI=1S/C10H17N3O/c1-14-8-10(13-11)5-4-9-3-2-6-12-7-9/h2-3,6-7,10,13H,4-5,8,11H2,1H3. The maximum Gasteiger partial charge on any atom is 0.0629 e. The summed E-state index contributed by atoms with van der Waals surface area (Å²) in [6.07, 6.45) is 5.57. The lowest BCUT2D eigenvalue weighted by molar-refractivity contribution is 0.163. The van der Waals surface area contributed by atoms with Gasteiger partial charge in [0.15, 0.2) is 0 Å². The third-order valence-electron chi connectivity index (χ3n) is 2.11. The van der Waals surface area contributed by atoms with Crippen molar-refractivity contribution in [2.24, 2.45) is 5.84 Å². The summed E-state index contributed by atoms with van der Waals surface area (Å²) < 4.78 is 5.03. The number of hydrogen-bond acceptors (Lipinski definition) is 4. The van der Waals surface area contributed by atoms with Crippen LogP contribution in [0.4, 0.5) is 0 Å². The first-order chi connectivity index (χ1) is 6.86. The van der Waals surface area contributed by atoms with Gasteiger partial charge in [-0.05, 0) is 24.5 Å². The van der Waals surface area contributed by atoms with Gasteiger partial charge in [0.1, 0.15) is 0 Å². The highest BCUT2D eigenvalue weighted by molar-refractivity contribution is 5.08. The normalized spacial score (nSPS) is 12.7. The molecule has 14 heavy (non-hydrogen) atoms. The molecular formula is C10H17N3O. The summed E-state index contributed by atoms with van der Waals surface area (Å²) in [5.74, 6) is 5.38. The molecule has 4 heteroatoms. The maximum absolute atomic E-state index is 5.38. The van der Waals surface area contributed by atoms with E-state index in [1.807, 2.05) is 12.3 Å². The van der Waals surface area contributed by atoms with Crippen molar-refractivity contribution in [3.8, 4) is 0 Å². The number of hydrazine groups is 1. The molecule has 1 heterocycles. The summed E-state index contributed by atoms with van der Waals surface area (Å²) >= 11 is 0. The van der Waals surface area contributed by atoms with Crippen LogP contribution in [0.15, 0.2) is 24.5 Å². The van der Waals surface area contributed by atoms with Crippen molar-refractivity contribution in [1.82, 2.24) is 10.4 Å². The Morgan fingerprint density at radius 1 is 1.64 bits per heavy atom. The number of ether oxygens (including phenoxy) is 1. The number of nitrogens with one attached hydrogen (secondary N) is 1. The van der Waals surface area contributed by atoms with E-state index < -0.39 is 0 Å². The minimum absolute atomic E-state index is 0.209. The lowest BCUT2D eigenvalue weighted by atomic mass is 10.1. The predicted octanol–water partition coefficient (Wildman–Crippen LogP) is 0.493. The second-order valence-electron chi connectivity index (χ2n) is 3.22. The van der Waals surface area contributed by atoms with Crippen LogP contribution in [0.25, 0.3) is 0 Å². The van der Waals surface area contributed by atoms with Crippen molar-refractivity contribution in [1.29, 1.82) is 0 Å².